The number of carbonyl (C=O) groups excluding carboxylic acids is 1. The van der Waals surface area contributed by atoms with Gasteiger partial charge in [-0.2, -0.15) is 13.2 Å². The van der Waals surface area contributed by atoms with Crippen molar-refractivity contribution in [2.45, 2.75) is 31.9 Å². The van der Waals surface area contributed by atoms with E-state index in [1.54, 1.807) is 0 Å². The zero-order valence-electron chi connectivity index (χ0n) is 12.3. The summed E-state index contributed by atoms with van der Waals surface area (Å²) < 4.78 is 39.0. The van der Waals surface area contributed by atoms with Gasteiger partial charge in [0.1, 0.15) is 5.69 Å². The van der Waals surface area contributed by atoms with E-state index in [-0.39, 0.29) is 18.9 Å². The second-order valence-electron chi connectivity index (χ2n) is 5.59. The highest BCUT2D eigenvalue weighted by atomic mass is 19.4. The normalized spacial score (nSPS) is 18.7. The summed E-state index contributed by atoms with van der Waals surface area (Å²) >= 11 is 0. The number of aromatic nitrogens is 1. The van der Waals surface area contributed by atoms with Gasteiger partial charge in [0.25, 0.3) is 5.91 Å². The largest absolute Gasteiger partial charge is 0.481 e. The Morgan fingerprint density at radius 1 is 1.39 bits per heavy atom. The number of nitrogens with zero attached hydrogens (tertiary/aromatic N) is 2. The highest BCUT2D eigenvalue weighted by Crippen LogP contribution is 2.32. The Bertz CT molecular complexity index is 590. The quantitative estimate of drug-likeness (QED) is 0.921. The summed E-state index contributed by atoms with van der Waals surface area (Å²) in [5.74, 6) is -1.68. The molecule has 23 heavy (non-hydrogen) atoms. The number of hydrogen-bond acceptors (Lipinski definition) is 3. The predicted octanol–water partition coefficient (Wildman–Crippen LogP) is 2.82. The topological polar surface area (TPSA) is 70.5 Å². The minimum atomic E-state index is -4.64. The standard InChI is InChI=1S/C15H17F3N2O3/c16-15(17,18)11-4-1-7-19-13(11)14(23)20-8-2-3-10(9-20)5-6-12(21)22/h1,4,7,10H,2-3,5-6,8-9H2,(H,21,22). The Morgan fingerprint density at radius 2 is 2.13 bits per heavy atom. The molecule has 1 saturated heterocycles. The number of pyridine rings is 1. The molecule has 8 heteroatoms. The molecule has 1 atom stereocenters. The Kier molecular flexibility index (Phi) is 5.23. The Hall–Kier alpha value is -2.12. The van der Waals surface area contributed by atoms with Crippen molar-refractivity contribution in [3.8, 4) is 0 Å². The minimum Gasteiger partial charge on any atom is -0.481 e. The van der Waals surface area contributed by atoms with Crippen LogP contribution in [0, 0.1) is 5.92 Å². The summed E-state index contributed by atoms with van der Waals surface area (Å²) in [6.45, 7) is 0.621. The summed E-state index contributed by atoms with van der Waals surface area (Å²) in [6.07, 6.45) is -1.67. The van der Waals surface area contributed by atoms with E-state index in [9.17, 15) is 22.8 Å². The molecule has 5 nitrogen and oxygen atoms in total. The first-order valence-corrected chi connectivity index (χ1v) is 7.32. The summed E-state index contributed by atoms with van der Waals surface area (Å²) in [5, 5.41) is 8.71. The lowest BCUT2D eigenvalue weighted by atomic mass is 9.93. The molecule has 0 aromatic carbocycles. The van der Waals surface area contributed by atoms with Gasteiger partial charge < -0.3 is 10.0 Å². The Morgan fingerprint density at radius 3 is 2.78 bits per heavy atom. The van der Waals surface area contributed by atoms with Gasteiger partial charge >= 0.3 is 12.1 Å². The molecular formula is C15H17F3N2O3. The van der Waals surface area contributed by atoms with Crippen molar-refractivity contribution in [3.63, 3.8) is 0 Å². The Labute approximate surface area is 131 Å². The van der Waals surface area contributed by atoms with E-state index >= 15 is 0 Å². The lowest BCUT2D eigenvalue weighted by Gasteiger charge is -2.32. The molecule has 126 valence electrons. The number of carboxylic acid groups (broad SMARTS) is 1. The van der Waals surface area contributed by atoms with Crippen molar-refractivity contribution in [1.82, 2.24) is 9.88 Å². The van der Waals surface area contributed by atoms with E-state index in [1.807, 2.05) is 0 Å². The molecule has 0 radical (unpaired) electrons. The fourth-order valence-corrected chi connectivity index (χ4v) is 2.77. The first-order chi connectivity index (χ1) is 10.8. The number of likely N-dealkylation sites (tertiary alicyclic amines) is 1. The second kappa shape index (κ2) is 6.97. The fraction of sp³-hybridized carbons (Fsp3) is 0.533. The molecule has 2 rings (SSSR count). The molecule has 1 amide bonds. The predicted molar refractivity (Wildman–Crippen MR) is 74.7 cm³/mol. The van der Waals surface area contributed by atoms with Crippen LogP contribution in [0.4, 0.5) is 13.2 Å². The first kappa shape index (κ1) is 17.2. The third kappa shape index (κ3) is 4.43. The maximum Gasteiger partial charge on any atom is 0.418 e. The van der Waals surface area contributed by atoms with E-state index in [0.29, 0.717) is 19.4 Å². The van der Waals surface area contributed by atoms with E-state index in [2.05, 4.69) is 4.98 Å². The average molecular weight is 330 g/mol. The molecule has 1 fully saturated rings. The molecule has 1 N–H and O–H groups in total. The number of piperidine rings is 1. The van der Waals surface area contributed by atoms with Crippen molar-refractivity contribution < 1.29 is 27.9 Å². The molecule has 2 heterocycles. The van der Waals surface area contributed by atoms with Crippen molar-refractivity contribution in [1.29, 1.82) is 0 Å². The molecule has 1 aromatic rings. The zero-order valence-corrected chi connectivity index (χ0v) is 12.3. The van der Waals surface area contributed by atoms with Crippen LogP contribution in [0.15, 0.2) is 18.3 Å². The molecule has 1 aromatic heterocycles. The number of carboxylic acids is 1. The van der Waals surface area contributed by atoms with Crippen molar-refractivity contribution in [2.75, 3.05) is 13.1 Å². The van der Waals surface area contributed by atoms with Gasteiger partial charge in [-0.1, -0.05) is 0 Å². The van der Waals surface area contributed by atoms with Gasteiger partial charge in [0, 0.05) is 25.7 Å². The maximum absolute atomic E-state index is 13.0. The van der Waals surface area contributed by atoms with Crippen LogP contribution in [0.3, 0.4) is 0 Å². The van der Waals surface area contributed by atoms with Gasteiger partial charge in [0.2, 0.25) is 0 Å². The Balaban J connectivity index is 2.13. The van der Waals surface area contributed by atoms with Gasteiger partial charge in [-0.15, -0.1) is 0 Å². The van der Waals surface area contributed by atoms with Crippen LogP contribution in [0.2, 0.25) is 0 Å². The molecule has 1 aliphatic rings. The molecule has 0 spiro atoms. The lowest BCUT2D eigenvalue weighted by molar-refractivity contribution is -0.139. The average Bonchev–Trinajstić information content (AvgIpc) is 2.51. The second-order valence-corrected chi connectivity index (χ2v) is 5.59. The highest BCUT2D eigenvalue weighted by Gasteiger charge is 2.37. The van der Waals surface area contributed by atoms with E-state index in [1.165, 1.54) is 4.90 Å². The highest BCUT2D eigenvalue weighted by molar-refractivity contribution is 5.94. The van der Waals surface area contributed by atoms with Gasteiger partial charge in [0.15, 0.2) is 0 Å². The number of amides is 1. The van der Waals surface area contributed by atoms with Crippen LogP contribution >= 0.6 is 0 Å². The van der Waals surface area contributed by atoms with Crippen LogP contribution in [0.25, 0.3) is 0 Å². The SMILES string of the molecule is O=C(O)CCC1CCCN(C(=O)c2ncccc2C(F)(F)F)C1. The molecule has 1 aliphatic heterocycles. The molecule has 1 unspecified atom stereocenters. The number of hydrogen-bond donors (Lipinski definition) is 1. The van der Waals surface area contributed by atoms with Crippen LogP contribution in [-0.2, 0) is 11.0 Å². The third-order valence-corrected chi connectivity index (χ3v) is 3.89. The minimum absolute atomic E-state index is 0.00984. The number of rotatable bonds is 4. The third-order valence-electron chi connectivity index (χ3n) is 3.89. The summed E-state index contributed by atoms with van der Waals surface area (Å²) in [4.78, 5) is 28.0. The van der Waals surface area contributed by atoms with E-state index in [4.69, 9.17) is 5.11 Å². The van der Waals surface area contributed by atoms with Crippen LogP contribution in [-0.4, -0.2) is 40.0 Å². The number of halogens is 3. The molecule has 0 aliphatic carbocycles. The van der Waals surface area contributed by atoms with Gasteiger partial charge in [-0.25, -0.2) is 0 Å². The van der Waals surface area contributed by atoms with Gasteiger partial charge in [-0.05, 0) is 37.3 Å². The van der Waals surface area contributed by atoms with Crippen molar-refractivity contribution >= 4 is 11.9 Å². The number of alkyl halides is 3. The van der Waals surface area contributed by atoms with E-state index in [0.717, 1.165) is 24.8 Å². The first-order valence-electron chi connectivity index (χ1n) is 7.32. The number of carbonyl (C=O) groups is 2. The van der Waals surface area contributed by atoms with Crippen LogP contribution < -0.4 is 0 Å². The van der Waals surface area contributed by atoms with Crippen molar-refractivity contribution in [3.05, 3.63) is 29.6 Å². The smallest absolute Gasteiger partial charge is 0.418 e. The maximum atomic E-state index is 13.0. The lowest BCUT2D eigenvalue weighted by Crippen LogP contribution is -2.41. The molecular weight excluding hydrogens is 313 g/mol. The fourth-order valence-electron chi connectivity index (χ4n) is 2.77. The zero-order chi connectivity index (χ0) is 17.0. The number of aliphatic carboxylic acids is 1. The van der Waals surface area contributed by atoms with E-state index < -0.39 is 29.3 Å². The van der Waals surface area contributed by atoms with Crippen molar-refractivity contribution in [2.24, 2.45) is 5.92 Å². The van der Waals surface area contributed by atoms with Gasteiger partial charge in [-0.3, -0.25) is 14.6 Å². The monoisotopic (exact) mass is 330 g/mol. The molecule has 0 bridgehead atoms. The molecule has 0 saturated carbocycles. The van der Waals surface area contributed by atoms with Crippen LogP contribution in [0.5, 0.6) is 0 Å². The summed E-state index contributed by atoms with van der Waals surface area (Å²) in [5.41, 5.74) is -1.64. The van der Waals surface area contributed by atoms with Gasteiger partial charge in [0.05, 0.1) is 5.56 Å². The summed E-state index contributed by atoms with van der Waals surface area (Å²) in [7, 11) is 0. The summed E-state index contributed by atoms with van der Waals surface area (Å²) in [6, 6.07) is 1.98. The van der Waals surface area contributed by atoms with Crippen LogP contribution in [0.1, 0.15) is 41.7 Å².